The Kier molecular flexibility index (Phi) is 6.75. The number of carboxylic acid groups (broad SMARTS) is 1. The van der Waals surface area contributed by atoms with Crippen LogP contribution in [0.1, 0.15) is 17.3 Å². The van der Waals surface area contributed by atoms with Crippen LogP contribution in [0.3, 0.4) is 0 Å². The molecule has 0 radical (unpaired) electrons. The molecule has 0 aromatic heterocycles. The van der Waals surface area contributed by atoms with Crippen molar-refractivity contribution in [1.29, 1.82) is 0 Å². The van der Waals surface area contributed by atoms with E-state index in [4.69, 9.17) is 9.84 Å². The minimum atomic E-state index is -3.85. The van der Waals surface area contributed by atoms with Gasteiger partial charge in [0, 0.05) is 25.4 Å². The molecule has 1 aromatic carbocycles. The molecular weight excluding hydrogens is 312 g/mol. The molecule has 0 saturated heterocycles. The van der Waals surface area contributed by atoms with Crippen molar-refractivity contribution in [3.63, 3.8) is 0 Å². The van der Waals surface area contributed by atoms with Gasteiger partial charge in [0.15, 0.2) is 0 Å². The molecule has 4 N–H and O–H groups in total. The first kappa shape index (κ1) is 18.4. The minimum absolute atomic E-state index is 0.151. The Bertz CT molecular complexity index is 617. The second-order valence-corrected chi connectivity index (χ2v) is 6.35. The number of aliphatic hydroxyl groups is 1. The van der Waals surface area contributed by atoms with Gasteiger partial charge in [0.2, 0.25) is 10.0 Å². The third kappa shape index (κ3) is 4.95. The summed E-state index contributed by atoms with van der Waals surface area (Å²) in [6.07, 6.45) is 0. The van der Waals surface area contributed by atoms with Crippen molar-refractivity contribution in [2.24, 2.45) is 0 Å². The van der Waals surface area contributed by atoms with Crippen LogP contribution in [0.5, 0.6) is 0 Å². The number of aromatic carboxylic acids is 1. The molecule has 1 rings (SSSR count). The van der Waals surface area contributed by atoms with Crippen molar-refractivity contribution in [2.45, 2.75) is 17.9 Å². The van der Waals surface area contributed by atoms with E-state index in [2.05, 4.69) is 10.0 Å². The van der Waals surface area contributed by atoms with Crippen molar-refractivity contribution >= 4 is 21.7 Å². The van der Waals surface area contributed by atoms with E-state index in [1.54, 1.807) is 6.92 Å². The lowest BCUT2D eigenvalue weighted by Gasteiger charge is -2.15. The predicted molar refractivity (Wildman–Crippen MR) is 80.6 cm³/mol. The van der Waals surface area contributed by atoms with E-state index >= 15 is 0 Å². The zero-order chi connectivity index (χ0) is 16.8. The van der Waals surface area contributed by atoms with Crippen molar-refractivity contribution in [1.82, 2.24) is 4.72 Å². The lowest BCUT2D eigenvalue weighted by Crippen LogP contribution is -2.35. The molecule has 0 aliphatic rings. The maximum Gasteiger partial charge on any atom is 0.337 e. The van der Waals surface area contributed by atoms with Gasteiger partial charge in [-0.1, -0.05) is 0 Å². The number of benzene rings is 1. The van der Waals surface area contributed by atoms with Crippen LogP contribution in [-0.2, 0) is 14.8 Å². The maximum atomic E-state index is 12.2. The number of anilines is 1. The van der Waals surface area contributed by atoms with E-state index in [1.165, 1.54) is 19.2 Å². The first-order valence-electron chi connectivity index (χ1n) is 6.55. The number of nitrogens with one attached hydrogen (secondary N) is 2. The lowest BCUT2D eigenvalue weighted by atomic mass is 10.2. The Morgan fingerprint density at radius 1 is 1.41 bits per heavy atom. The summed E-state index contributed by atoms with van der Waals surface area (Å²) >= 11 is 0. The number of ether oxygens (including phenoxy) is 1. The van der Waals surface area contributed by atoms with Gasteiger partial charge in [0.25, 0.3) is 0 Å². The van der Waals surface area contributed by atoms with E-state index in [1.807, 2.05) is 0 Å². The fourth-order valence-electron chi connectivity index (χ4n) is 1.83. The Labute approximate surface area is 129 Å². The van der Waals surface area contributed by atoms with Gasteiger partial charge in [-0.25, -0.2) is 17.9 Å². The SMILES string of the molecule is COC[C@H](C)NS(=O)(=O)c1ccc(NCCO)c(C(=O)O)c1. The third-order valence-electron chi connectivity index (χ3n) is 2.73. The van der Waals surface area contributed by atoms with Crippen LogP contribution in [0.15, 0.2) is 23.1 Å². The molecule has 22 heavy (non-hydrogen) atoms. The van der Waals surface area contributed by atoms with Crippen LogP contribution >= 0.6 is 0 Å². The van der Waals surface area contributed by atoms with Crippen LogP contribution in [-0.4, -0.2) is 57.5 Å². The molecule has 0 amide bonds. The van der Waals surface area contributed by atoms with E-state index in [-0.39, 0.29) is 35.9 Å². The van der Waals surface area contributed by atoms with Gasteiger partial charge in [-0.2, -0.15) is 0 Å². The van der Waals surface area contributed by atoms with Crippen LogP contribution in [0.2, 0.25) is 0 Å². The summed E-state index contributed by atoms with van der Waals surface area (Å²) in [5, 5.41) is 20.7. The second kappa shape index (κ2) is 8.08. The van der Waals surface area contributed by atoms with Crippen molar-refractivity contribution < 1.29 is 28.2 Å². The van der Waals surface area contributed by atoms with E-state index in [0.29, 0.717) is 0 Å². The zero-order valence-corrected chi connectivity index (χ0v) is 13.2. The standard InChI is InChI=1S/C13H20N2O6S/c1-9(8-21-2)15-22(19,20)10-3-4-12(14-5-6-16)11(7-10)13(17)18/h3-4,7,9,14-16H,5-6,8H2,1-2H3,(H,17,18)/t9-/m0/s1. The molecular formula is C13H20N2O6S. The van der Waals surface area contributed by atoms with Crippen LogP contribution in [0.4, 0.5) is 5.69 Å². The molecule has 0 bridgehead atoms. The van der Waals surface area contributed by atoms with Crippen molar-refractivity contribution in [2.75, 3.05) is 32.2 Å². The third-order valence-corrected chi connectivity index (χ3v) is 4.32. The average Bonchev–Trinajstić information content (AvgIpc) is 2.44. The number of carboxylic acids is 1. The molecule has 1 atom stereocenters. The number of hydrogen-bond acceptors (Lipinski definition) is 6. The van der Waals surface area contributed by atoms with Crippen molar-refractivity contribution in [3.05, 3.63) is 23.8 Å². The first-order chi connectivity index (χ1) is 10.3. The van der Waals surface area contributed by atoms with Gasteiger partial charge in [-0.05, 0) is 25.1 Å². The highest BCUT2D eigenvalue weighted by Crippen LogP contribution is 2.20. The second-order valence-electron chi connectivity index (χ2n) is 4.64. The molecule has 0 aliphatic carbocycles. The Morgan fingerprint density at radius 2 is 2.09 bits per heavy atom. The summed E-state index contributed by atoms with van der Waals surface area (Å²) in [4.78, 5) is 11.1. The average molecular weight is 332 g/mol. The molecule has 1 aromatic rings. The molecule has 0 saturated carbocycles. The van der Waals surface area contributed by atoms with Crippen LogP contribution in [0.25, 0.3) is 0 Å². The molecule has 0 aliphatic heterocycles. The predicted octanol–water partition coefficient (Wildman–Crippen LogP) is 0.102. The van der Waals surface area contributed by atoms with Crippen LogP contribution in [0, 0.1) is 0 Å². The molecule has 0 heterocycles. The van der Waals surface area contributed by atoms with Crippen molar-refractivity contribution in [3.8, 4) is 0 Å². The van der Waals surface area contributed by atoms with Gasteiger partial charge in [0.05, 0.1) is 23.7 Å². The highest BCUT2D eigenvalue weighted by Gasteiger charge is 2.20. The number of methoxy groups -OCH3 is 1. The summed E-state index contributed by atoms with van der Waals surface area (Å²) in [5.74, 6) is -1.26. The molecule has 0 fully saturated rings. The summed E-state index contributed by atoms with van der Waals surface area (Å²) in [6, 6.07) is 3.28. The highest BCUT2D eigenvalue weighted by atomic mass is 32.2. The van der Waals surface area contributed by atoms with E-state index < -0.39 is 22.0 Å². The fraction of sp³-hybridized carbons (Fsp3) is 0.462. The van der Waals surface area contributed by atoms with Gasteiger partial charge in [-0.15, -0.1) is 0 Å². The van der Waals surface area contributed by atoms with Gasteiger partial charge < -0.3 is 20.3 Å². The molecule has 8 nitrogen and oxygen atoms in total. The number of sulfonamides is 1. The topological polar surface area (TPSA) is 125 Å². The molecule has 124 valence electrons. The van der Waals surface area contributed by atoms with Crippen LogP contribution < -0.4 is 10.0 Å². The number of carbonyl (C=O) groups is 1. The summed E-state index contributed by atoms with van der Waals surface area (Å²) in [7, 11) is -2.39. The quantitative estimate of drug-likeness (QED) is 0.505. The lowest BCUT2D eigenvalue weighted by molar-refractivity contribution is 0.0697. The number of aliphatic hydroxyl groups excluding tert-OH is 1. The Balaban J connectivity index is 3.10. The number of rotatable bonds is 9. The molecule has 9 heteroatoms. The molecule has 0 spiro atoms. The molecule has 0 unspecified atom stereocenters. The summed E-state index contributed by atoms with van der Waals surface area (Å²) in [5.41, 5.74) is 0.0566. The first-order valence-corrected chi connectivity index (χ1v) is 8.03. The Morgan fingerprint density at radius 3 is 2.64 bits per heavy atom. The van der Waals surface area contributed by atoms with E-state index in [9.17, 15) is 18.3 Å². The summed E-state index contributed by atoms with van der Waals surface area (Å²) < 4.78 is 31.6. The summed E-state index contributed by atoms with van der Waals surface area (Å²) in [6.45, 7) is 1.82. The fourth-order valence-corrected chi connectivity index (χ4v) is 3.08. The smallest absolute Gasteiger partial charge is 0.337 e. The zero-order valence-electron chi connectivity index (χ0n) is 12.4. The normalized spacial score (nSPS) is 12.9. The monoisotopic (exact) mass is 332 g/mol. The van der Waals surface area contributed by atoms with Gasteiger partial charge in [0.1, 0.15) is 0 Å². The van der Waals surface area contributed by atoms with E-state index in [0.717, 1.165) is 6.07 Å². The maximum absolute atomic E-state index is 12.2. The van der Waals surface area contributed by atoms with Gasteiger partial charge in [-0.3, -0.25) is 0 Å². The largest absolute Gasteiger partial charge is 0.478 e. The van der Waals surface area contributed by atoms with Gasteiger partial charge >= 0.3 is 5.97 Å². The number of hydrogen-bond donors (Lipinski definition) is 4. The highest BCUT2D eigenvalue weighted by molar-refractivity contribution is 7.89. The Hall–Kier alpha value is -1.68. The minimum Gasteiger partial charge on any atom is -0.478 e.